The summed E-state index contributed by atoms with van der Waals surface area (Å²) < 4.78 is 45.7. The van der Waals surface area contributed by atoms with E-state index in [1.165, 1.54) is 24.3 Å². The first-order chi connectivity index (χ1) is 13.4. The van der Waals surface area contributed by atoms with Crippen molar-refractivity contribution in [3.8, 4) is 5.75 Å². The summed E-state index contributed by atoms with van der Waals surface area (Å²) in [5.41, 5.74) is 0.576. The Morgan fingerprint density at radius 3 is 2.64 bits per heavy atom. The van der Waals surface area contributed by atoms with Gasteiger partial charge in [0.05, 0.1) is 0 Å². The molecule has 0 spiro atoms. The third-order valence-electron chi connectivity index (χ3n) is 4.43. The Morgan fingerprint density at radius 2 is 1.96 bits per heavy atom. The number of aldehydes is 1. The van der Waals surface area contributed by atoms with Gasteiger partial charge in [-0.05, 0) is 37.1 Å². The molecule has 0 aromatic heterocycles. The van der Waals surface area contributed by atoms with Gasteiger partial charge in [-0.1, -0.05) is 18.6 Å². The molecule has 1 saturated heterocycles. The second-order valence-corrected chi connectivity index (χ2v) is 6.57. The molecule has 1 N–H and O–H groups in total. The van der Waals surface area contributed by atoms with Crippen LogP contribution in [0.25, 0.3) is 0 Å². The highest BCUT2D eigenvalue weighted by molar-refractivity contribution is 5.76. The number of nitrogens with zero attached hydrogens (tertiary/aromatic N) is 1. The van der Waals surface area contributed by atoms with Gasteiger partial charge in [-0.15, -0.1) is 13.2 Å². The molecular formula is C19H25F3N2O4. The van der Waals surface area contributed by atoms with Crippen molar-refractivity contribution >= 4 is 12.3 Å². The topological polar surface area (TPSA) is 67.9 Å². The number of alkyl halides is 3. The van der Waals surface area contributed by atoms with Crippen molar-refractivity contribution in [1.82, 2.24) is 10.2 Å². The van der Waals surface area contributed by atoms with Gasteiger partial charge in [-0.3, -0.25) is 9.69 Å². The summed E-state index contributed by atoms with van der Waals surface area (Å²) in [6.45, 7) is 2.75. The van der Waals surface area contributed by atoms with E-state index in [1.54, 1.807) is 0 Å². The largest absolute Gasteiger partial charge is 0.573 e. The van der Waals surface area contributed by atoms with E-state index in [0.717, 1.165) is 45.2 Å². The molecule has 156 valence electrons. The second-order valence-electron chi connectivity index (χ2n) is 6.57. The SMILES string of the molecule is O=CCCCCCN1CCNCC1C(=O)OCc1ccc(OC(F)(F)F)cc1. The van der Waals surface area contributed by atoms with Crippen LogP contribution in [-0.2, 0) is 20.9 Å². The first-order valence-electron chi connectivity index (χ1n) is 9.29. The molecule has 0 amide bonds. The number of benzene rings is 1. The lowest BCUT2D eigenvalue weighted by molar-refractivity contribution is -0.274. The summed E-state index contributed by atoms with van der Waals surface area (Å²) in [7, 11) is 0. The molecule has 1 aromatic carbocycles. The summed E-state index contributed by atoms with van der Waals surface area (Å²) >= 11 is 0. The quantitative estimate of drug-likeness (QED) is 0.369. The Hall–Kier alpha value is -2.13. The number of carbonyl (C=O) groups excluding carboxylic acids is 2. The number of rotatable bonds is 10. The number of piperazine rings is 1. The van der Waals surface area contributed by atoms with Crippen molar-refractivity contribution in [2.75, 3.05) is 26.2 Å². The number of hydrogen-bond donors (Lipinski definition) is 1. The van der Waals surface area contributed by atoms with E-state index in [2.05, 4.69) is 15.0 Å². The van der Waals surface area contributed by atoms with Crippen molar-refractivity contribution < 1.29 is 32.2 Å². The monoisotopic (exact) mass is 402 g/mol. The first kappa shape index (κ1) is 22.2. The minimum absolute atomic E-state index is 0.0190. The average Bonchev–Trinajstić information content (AvgIpc) is 2.66. The molecular weight excluding hydrogens is 377 g/mol. The lowest BCUT2D eigenvalue weighted by Crippen LogP contribution is -2.55. The molecule has 1 unspecified atom stereocenters. The van der Waals surface area contributed by atoms with E-state index in [1.807, 2.05) is 0 Å². The number of halogens is 3. The van der Waals surface area contributed by atoms with Crippen LogP contribution in [0.1, 0.15) is 31.2 Å². The third-order valence-corrected chi connectivity index (χ3v) is 4.43. The molecule has 28 heavy (non-hydrogen) atoms. The van der Waals surface area contributed by atoms with Crippen molar-refractivity contribution in [3.63, 3.8) is 0 Å². The fraction of sp³-hybridized carbons (Fsp3) is 0.579. The molecule has 1 fully saturated rings. The highest BCUT2D eigenvalue weighted by Gasteiger charge is 2.31. The van der Waals surface area contributed by atoms with E-state index < -0.39 is 12.4 Å². The smallest absolute Gasteiger partial charge is 0.460 e. The minimum atomic E-state index is -4.74. The van der Waals surface area contributed by atoms with Crippen LogP contribution in [0, 0.1) is 0 Å². The van der Waals surface area contributed by atoms with Crippen LogP contribution in [-0.4, -0.2) is 55.7 Å². The van der Waals surface area contributed by atoms with Gasteiger partial charge in [0.1, 0.15) is 24.7 Å². The van der Waals surface area contributed by atoms with Crippen molar-refractivity contribution in [1.29, 1.82) is 0 Å². The molecule has 2 rings (SSSR count). The van der Waals surface area contributed by atoms with Crippen molar-refractivity contribution in [3.05, 3.63) is 29.8 Å². The second kappa shape index (κ2) is 11.0. The van der Waals surface area contributed by atoms with Gasteiger partial charge in [0, 0.05) is 26.1 Å². The summed E-state index contributed by atoms with van der Waals surface area (Å²) in [6.07, 6.45) is -0.598. The van der Waals surface area contributed by atoms with Gasteiger partial charge in [0.2, 0.25) is 0 Å². The Morgan fingerprint density at radius 1 is 1.21 bits per heavy atom. The fourth-order valence-electron chi connectivity index (χ4n) is 3.00. The zero-order valence-electron chi connectivity index (χ0n) is 15.5. The van der Waals surface area contributed by atoms with Gasteiger partial charge in [0.15, 0.2) is 0 Å². The van der Waals surface area contributed by atoms with Crippen LogP contribution >= 0.6 is 0 Å². The Labute approximate surface area is 162 Å². The fourth-order valence-corrected chi connectivity index (χ4v) is 3.00. The summed E-state index contributed by atoms with van der Waals surface area (Å²) in [4.78, 5) is 24.9. The predicted octanol–water partition coefficient (Wildman–Crippen LogP) is 2.66. The molecule has 1 atom stereocenters. The lowest BCUT2D eigenvalue weighted by atomic mass is 10.1. The summed E-state index contributed by atoms with van der Waals surface area (Å²) in [5, 5.41) is 3.17. The molecule has 1 aliphatic heterocycles. The summed E-state index contributed by atoms with van der Waals surface area (Å²) in [5.74, 6) is -0.685. The molecule has 9 heteroatoms. The minimum Gasteiger partial charge on any atom is -0.460 e. The highest BCUT2D eigenvalue weighted by Crippen LogP contribution is 2.23. The molecule has 0 radical (unpaired) electrons. The predicted molar refractivity (Wildman–Crippen MR) is 95.7 cm³/mol. The molecule has 0 saturated carbocycles. The number of unbranched alkanes of at least 4 members (excludes halogenated alkanes) is 3. The van der Waals surface area contributed by atoms with Gasteiger partial charge >= 0.3 is 12.3 Å². The third kappa shape index (κ3) is 7.85. The standard InChI is InChI=1S/C19H25F3N2O4/c20-19(21,22)28-16-7-5-15(6-8-16)14-27-18(26)17-13-23-9-11-24(17)10-3-1-2-4-12-25/h5-8,12,17,23H,1-4,9-11,13-14H2. The Kier molecular flexibility index (Phi) is 8.72. The number of nitrogens with one attached hydrogen (secondary N) is 1. The Balaban J connectivity index is 1.80. The van der Waals surface area contributed by atoms with Gasteiger partial charge < -0.3 is 19.6 Å². The summed E-state index contributed by atoms with van der Waals surface area (Å²) in [6, 6.07) is 4.83. The zero-order valence-corrected chi connectivity index (χ0v) is 15.5. The number of hydrogen-bond acceptors (Lipinski definition) is 6. The van der Waals surface area contributed by atoms with Gasteiger partial charge in [-0.25, -0.2) is 0 Å². The van der Waals surface area contributed by atoms with E-state index in [-0.39, 0.29) is 18.3 Å². The first-order valence-corrected chi connectivity index (χ1v) is 9.29. The van der Waals surface area contributed by atoms with Crippen molar-refractivity contribution in [2.24, 2.45) is 0 Å². The van der Waals surface area contributed by atoms with Crippen LogP contribution < -0.4 is 10.1 Å². The number of carbonyl (C=O) groups is 2. The molecule has 1 aromatic rings. The van der Waals surface area contributed by atoms with Crippen molar-refractivity contribution in [2.45, 2.75) is 44.7 Å². The maximum absolute atomic E-state index is 12.4. The average molecular weight is 402 g/mol. The Bertz CT molecular complexity index is 623. The number of esters is 1. The highest BCUT2D eigenvalue weighted by atomic mass is 19.4. The van der Waals surface area contributed by atoms with Gasteiger partial charge in [0.25, 0.3) is 0 Å². The normalized spacial score (nSPS) is 17.9. The maximum atomic E-state index is 12.4. The molecule has 6 nitrogen and oxygen atoms in total. The molecule has 0 bridgehead atoms. The van der Waals surface area contributed by atoms with Gasteiger partial charge in [-0.2, -0.15) is 0 Å². The van der Waals surface area contributed by atoms with E-state index in [0.29, 0.717) is 18.5 Å². The van der Waals surface area contributed by atoms with E-state index in [9.17, 15) is 22.8 Å². The zero-order chi connectivity index (χ0) is 20.4. The van der Waals surface area contributed by atoms with Crippen LogP contribution in [0.2, 0.25) is 0 Å². The van der Waals surface area contributed by atoms with E-state index in [4.69, 9.17) is 4.74 Å². The molecule has 0 aliphatic carbocycles. The van der Waals surface area contributed by atoms with Crippen LogP contribution in [0.3, 0.4) is 0 Å². The van der Waals surface area contributed by atoms with Crippen LogP contribution in [0.15, 0.2) is 24.3 Å². The maximum Gasteiger partial charge on any atom is 0.573 e. The molecule has 1 aliphatic rings. The number of ether oxygens (including phenoxy) is 2. The van der Waals surface area contributed by atoms with Crippen LogP contribution in [0.4, 0.5) is 13.2 Å². The van der Waals surface area contributed by atoms with Crippen LogP contribution in [0.5, 0.6) is 5.75 Å². The van der Waals surface area contributed by atoms with E-state index >= 15 is 0 Å². The molecule has 1 heterocycles. The lowest BCUT2D eigenvalue weighted by Gasteiger charge is -2.34.